The van der Waals surface area contributed by atoms with Crippen molar-refractivity contribution < 1.29 is 9.53 Å². The molecule has 1 amide bonds. The maximum atomic E-state index is 10.9. The molecule has 3 heteroatoms. The Hall–Kier alpha value is -0.730. The monoisotopic (exact) mass is 141 g/mol. The SMILES string of the molecule is COC(=O)N1C2CCC21C. The van der Waals surface area contributed by atoms with Crippen LogP contribution in [0.3, 0.4) is 0 Å². The first-order valence-electron chi connectivity index (χ1n) is 3.57. The first-order valence-corrected chi connectivity index (χ1v) is 3.57. The quantitative estimate of drug-likeness (QED) is 0.471. The largest absolute Gasteiger partial charge is 0.453 e. The standard InChI is InChI=1S/C7H11NO2/c1-7-4-3-5(7)8(7)6(9)10-2/h5H,3-4H2,1-2H3. The van der Waals surface area contributed by atoms with Gasteiger partial charge in [-0.1, -0.05) is 0 Å². The number of carbonyl (C=O) groups excluding carboxylic acids is 1. The van der Waals surface area contributed by atoms with Crippen LogP contribution >= 0.6 is 0 Å². The summed E-state index contributed by atoms with van der Waals surface area (Å²) in [7, 11) is 1.43. The van der Waals surface area contributed by atoms with Gasteiger partial charge in [-0.25, -0.2) is 4.79 Å². The zero-order valence-electron chi connectivity index (χ0n) is 6.26. The molecule has 0 N–H and O–H groups in total. The predicted molar refractivity (Wildman–Crippen MR) is 35.7 cm³/mol. The summed E-state index contributed by atoms with van der Waals surface area (Å²) in [5, 5.41) is 0. The smallest absolute Gasteiger partial charge is 0.410 e. The van der Waals surface area contributed by atoms with E-state index in [-0.39, 0.29) is 11.6 Å². The van der Waals surface area contributed by atoms with Gasteiger partial charge in [-0.05, 0) is 19.8 Å². The molecule has 1 aliphatic carbocycles. The molecule has 56 valence electrons. The Labute approximate surface area is 60.0 Å². The van der Waals surface area contributed by atoms with Crippen LogP contribution in [0.1, 0.15) is 19.8 Å². The molecule has 0 bridgehead atoms. The van der Waals surface area contributed by atoms with E-state index in [1.807, 2.05) is 4.90 Å². The predicted octanol–water partition coefficient (Wildman–Crippen LogP) is 0.989. The van der Waals surface area contributed by atoms with Crippen molar-refractivity contribution in [2.75, 3.05) is 7.11 Å². The van der Waals surface area contributed by atoms with Gasteiger partial charge in [-0.3, -0.25) is 4.90 Å². The number of ether oxygens (including phenoxy) is 1. The average Bonchev–Trinajstić information content (AvgIpc) is 2.33. The lowest BCUT2D eigenvalue weighted by molar-refractivity contribution is 0.149. The lowest BCUT2D eigenvalue weighted by Crippen LogP contribution is -2.22. The molecule has 2 aliphatic rings. The maximum absolute atomic E-state index is 10.9. The van der Waals surface area contributed by atoms with Crippen LogP contribution in [0.15, 0.2) is 0 Å². The highest BCUT2D eigenvalue weighted by Gasteiger charge is 2.68. The third kappa shape index (κ3) is 0.448. The Morgan fingerprint density at radius 3 is 2.70 bits per heavy atom. The van der Waals surface area contributed by atoms with Crippen molar-refractivity contribution in [3.63, 3.8) is 0 Å². The van der Waals surface area contributed by atoms with Crippen molar-refractivity contribution in [3.05, 3.63) is 0 Å². The third-order valence-electron chi connectivity index (χ3n) is 2.81. The molecule has 2 atom stereocenters. The number of amides is 1. The van der Waals surface area contributed by atoms with Crippen molar-refractivity contribution in [2.45, 2.75) is 31.3 Å². The number of methoxy groups -OCH3 is 1. The molecular weight excluding hydrogens is 130 g/mol. The van der Waals surface area contributed by atoms with E-state index < -0.39 is 0 Å². The molecule has 0 aromatic carbocycles. The normalized spacial score (nSPS) is 41.8. The van der Waals surface area contributed by atoms with E-state index in [0.29, 0.717) is 6.04 Å². The zero-order chi connectivity index (χ0) is 7.35. The van der Waals surface area contributed by atoms with Crippen LogP contribution < -0.4 is 0 Å². The van der Waals surface area contributed by atoms with Crippen LogP contribution in [0.25, 0.3) is 0 Å². The van der Waals surface area contributed by atoms with E-state index in [4.69, 9.17) is 0 Å². The van der Waals surface area contributed by atoms with Crippen molar-refractivity contribution in [1.82, 2.24) is 4.90 Å². The zero-order valence-corrected chi connectivity index (χ0v) is 6.26. The minimum atomic E-state index is -0.162. The highest BCUT2D eigenvalue weighted by molar-refractivity contribution is 5.74. The summed E-state index contributed by atoms with van der Waals surface area (Å²) in [5.41, 5.74) is 0.188. The molecule has 0 spiro atoms. The van der Waals surface area contributed by atoms with Gasteiger partial charge in [0, 0.05) is 0 Å². The van der Waals surface area contributed by atoms with Gasteiger partial charge in [-0.15, -0.1) is 0 Å². The molecule has 3 nitrogen and oxygen atoms in total. The summed E-state index contributed by atoms with van der Waals surface area (Å²) in [6.07, 6.45) is 2.14. The fourth-order valence-corrected chi connectivity index (χ4v) is 1.88. The summed E-state index contributed by atoms with van der Waals surface area (Å²) in [6, 6.07) is 0.500. The Balaban J connectivity index is 2.05. The second-order valence-electron chi connectivity index (χ2n) is 3.25. The topological polar surface area (TPSA) is 29.3 Å². The van der Waals surface area contributed by atoms with Crippen molar-refractivity contribution in [2.24, 2.45) is 0 Å². The van der Waals surface area contributed by atoms with Crippen LogP contribution in [0.2, 0.25) is 0 Å². The van der Waals surface area contributed by atoms with Gasteiger partial charge in [0.05, 0.1) is 18.7 Å². The lowest BCUT2D eigenvalue weighted by Gasteiger charge is -2.14. The fraction of sp³-hybridized carbons (Fsp3) is 0.857. The minimum Gasteiger partial charge on any atom is -0.453 e. The molecule has 0 aromatic heterocycles. The first kappa shape index (κ1) is 6.01. The minimum absolute atomic E-state index is 0.162. The van der Waals surface area contributed by atoms with Crippen LogP contribution in [0.4, 0.5) is 4.79 Å². The molecule has 2 unspecified atom stereocenters. The number of likely N-dealkylation sites (tertiary alicyclic amines) is 1. The van der Waals surface area contributed by atoms with Gasteiger partial charge in [0.15, 0.2) is 0 Å². The van der Waals surface area contributed by atoms with Gasteiger partial charge < -0.3 is 4.74 Å². The average molecular weight is 141 g/mol. The number of hydrogen-bond acceptors (Lipinski definition) is 2. The molecule has 2 fully saturated rings. The van der Waals surface area contributed by atoms with Crippen molar-refractivity contribution in [3.8, 4) is 0 Å². The van der Waals surface area contributed by atoms with Gasteiger partial charge >= 0.3 is 6.09 Å². The van der Waals surface area contributed by atoms with E-state index in [9.17, 15) is 4.79 Å². The van der Waals surface area contributed by atoms with Gasteiger partial charge in [-0.2, -0.15) is 0 Å². The molecule has 10 heavy (non-hydrogen) atoms. The highest BCUT2D eigenvalue weighted by atomic mass is 16.5. The van der Waals surface area contributed by atoms with Crippen LogP contribution in [-0.4, -0.2) is 29.7 Å². The maximum Gasteiger partial charge on any atom is 0.410 e. The van der Waals surface area contributed by atoms with Crippen molar-refractivity contribution in [1.29, 1.82) is 0 Å². The summed E-state index contributed by atoms with van der Waals surface area (Å²) in [6.45, 7) is 2.11. The number of nitrogens with zero attached hydrogens (tertiary/aromatic N) is 1. The number of fused-ring (bicyclic) bond motifs is 1. The highest BCUT2D eigenvalue weighted by Crippen LogP contribution is 2.56. The van der Waals surface area contributed by atoms with Gasteiger partial charge in [0.25, 0.3) is 0 Å². The molecule has 1 heterocycles. The van der Waals surface area contributed by atoms with E-state index >= 15 is 0 Å². The molecule has 1 aliphatic heterocycles. The molecular formula is C7H11NO2. The van der Waals surface area contributed by atoms with Crippen LogP contribution in [0, 0.1) is 0 Å². The summed E-state index contributed by atoms with van der Waals surface area (Å²) in [5.74, 6) is 0. The summed E-state index contributed by atoms with van der Waals surface area (Å²) < 4.78 is 4.61. The second-order valence-corrected chi connectivity index (χ2v) is 3.25. The number of hydrogen-bond donors (Lipinski definition) is 0. The fourth-order valence-electron chi connectivity index (χ4n) is 1.88. The van der Waals surface area contributed by atoms with E-state index in [2.05, 4.69) is 11.7 Å². The molecule has 0 aromatic rings. The van der Waals surface area contributed by atoms with E-state index in [0.717, 1.165) is 12.8 Å². The number of rotatable bonds is 0. The molecule has 0 radical (unpaired) electrons. The van der Waals surface area contributed by atoms with E-state index in [1.54, 1.807) is 0 Å². The Morgan fingerprint density at radius 2 is 2.40 bits per heavy atom. The van der Waals surface area contributed by atoms with E-state index in [1.165, 1.54) is 7.11 Å². The van der Waals surface area contributed by atoms with Crippen LogP contribution in [0.5, 0.6) is 0 Å². The van der Waals surface area contributed by atoms with Gasteiger partial charge in [0.2, 0.25) is 0 Å². The molecule has 2 rings (SSSR count). The van der Waals surface area contributed by atoms with Gasteiger partial charge in [0.1, 0.15) is 0 Å². The third-order valence-corrected chi connectivity index (χ3v) is 2.81. The number of carbonyl (C=O) groups is 1. The Bertz CT molecular complexity index is 192. The Kier molecular flexibility index (Phi) is 0.881. The first-order chi connectivity index (χ1) is 4.70. The van der Waals surface area contributed by atoms with Crippen molar-refractivity contribution >= 4 is 6.09 Å². The molecule has 1 saturated heterocycles. The Morgan fingerprint density at radius 1 is 1.80 bits per heavy atom. The summed E-state index contributed by atoms with van der Waals surface area (Å²) in [4.78, 5) is 12.8. The molecule has 1 saturated carbocycles. The lowest BCUT2D eigenvalue weighted by atomic mass is 9.87. The second kappa shape index (κ2) is 1.47. The summed E-state index contributed by atoms with van der Waals surface area (Å²) >= 11 is 0. The van der Waals surface area contributed by atoms with Crippen LogP contribution in [-0.2, 0) is 4.74 Å².